The van der Waals surface area contributed by atoms with Crippen LogP contribution >= 0.6 is 0 Å². The van der Waals surface area contributed by atoms with E-state index in [9.17, 15) is 14.7 Å². The van der Waals surface area contributed by atoms with Crippen molar-refractivity contribution < 1.29 is 24.2 Å². The van der Waals surface area contributed by atoms with Crippen molar-refractivity contribution in [3.05, 3.63) is 64.2 Å². The minimum absolute atomic E-state index is 0.0938. The quantitative estimate of drug-likeness (QED) is 0.453. The first kappa shape index (κ1) is 20.9. The summed E-state index contributed by atoms with van der Waals surface area (Å²) in [7, 11) is 3.81. The van der Waals surface area contributed by atoms with E-state index in [0.717, 1.165) is 11.1 Å². The molecule has 162 valence electrons. The normalized spacial score (nSPS) is 19.5. The molecule has 2 aromatic carbocycles. The van der Waals surface area contributed by atoms with Crippen LogP contribution in [0.25, 0.3) is 5.76 Å². The Hall–Kier alpha value is -3.32. The maximum Gasteiger partial charge on any atom is 0.295 e. The molecule has 2 aromatic rings. The van der Waals surface area contributed by atoms with E-state index in [1.54, 1.807) is 12.1 Å². The second kappa shape index (κ2) is 8.07. The van der Waals surface area contributed by atoms with Crippen molar-refractivity contribution in [1.82, 2.24) is 9.80 Å². The zero-order valence-electron chi connectivity index (χ0n) is 18.1. The maximum atomic E-state index is 13.1. The molecule has 1 N–H and O–H groups in total. The molecule has 7 nitrogen and oxygen atoms in total. The van der Waals surface area contributed by atoms with Crippen LogP contribution in [-0.2, 0) is 9.59 Å². The number of carbonyl (C=O) groups excluding carboxylic acids is 2. The fourth-order valence-corrected chi connectivity index (χ4v) is 3.98. The van der Waals surface area contributed by atoms with Crippen LogP contribution in [0.2, 0.25) is 0 Å². The van der Waals surface area contributed by atoms with Crippen molar-refractivity contribution in [3.63, 3.8) is 0 Å². The molecular formula is C24H26N2O5. The Bertz CT molecular complexity index is 1090. The highest BCUT2D eigenvalue weighted by molar-refractivity contribution is 6.46. The molecule has 7 heteroatoms. The van der Waals surface area contributed by atoms with Crippen LogP contribution in [0.15, 0.2) is 42.0 Å². The lowest BCUT2D eigenvalue weighted by Crippen LogP contribution is -2.35. The Morgan fingerprint density at radius 1 is 1.10 bits per heavy atom. The number of aryl methyl sites for hydroxylation is 2. The number of fused-ring (bicyclic) bond motifs is 1. The molecule has 2 aliphatic heterocycles. The lowest BCUT2D eigenvalue weighted by molar-refractivity contribution is -0.140. The monoisotopic (exact) mass is 422 g/mol. The molecule has 2 aliphatic rings. The topological polar surface area (TPSA) is 79.3 Å². The summed E-state index contributed by atoms with van der Waals surface area (Å²) in [6.07, 6.45) is 0. The predicted octanol–water partition coefficient (Wildman–Crippen LogP) is 3.02. The molecule has 0 saturated carbocycles. The lowest BCUT2D eigenvalue weighted by atomic mass is 9.93. The zero-order chi connectivity index (χ0) is 22.3. The van der Waals surface area contributed by atoms with Crippen molar-refractivity contribution in [2.24, 2.45) is 0 Å². The van der Waals surface area contributed by atoms with Crippen molar-refractivity contribution in [2.75, 3.05) is 34.0 Å². The first-order chi connectivity index (χ1) is 14.8. The number of nitrogens with zero attached hydrogens (tertiary/aromatic N) is 2. The number of carbonyl (C=O) groups is 2. The number of aliphatic hydroxyl groups is 1. The lowest BCUT2D eigenvalue weighted by Gasteiger charge is -2.26. The van der Waals surface area contributed by atoms with Gasteiger partial charge in [0.15, 0.2) is 11.5 Å². The summed E-state index contributed by atoms with van der Waals surface area (Å²) in [4.78, 5) is 29.6. The standard InChI is InChI=1S/C24H26N2O5/c1-14-5-6-15(2)17(11-14)22(27)20-21(16-7-8-18-19(12-16)31-13-30-18)26(10-9-25(3)4)24(29)23(20)28/h5-8,11-12,21,27H,9-10,13H2,1-4H3/b22-20+. The average Bonchev–Trinajstić information content (AvgIpc) is 3.30. The molecule has 1 amide bonds. The molecule has 0 spiro atoms. The van der Waals surface area contributed by atoms with Crippen LogP contribution in [0.4, 0.5) is 0 Å². The van der Waals surface area contributed by atoms with E-state index in [2.05, 4.69) is 0 Å². The summed E-state index contributed by atoms with van der Waals surface area (Å²) in [5.41, 5.74) is 3.11. The third-order valence-electron chi connectivity index (χ3n) is 5.69. The highest BCUT2D eigenvalue weighted by atomic mass is 16.7. The van der Waals surface area contributed by atoms with Crippen molar-refractivity contribution in [3.8, 4) is 11.5 Å². The van der Waals surface area contributed by atoms with Crippen molar-refractivity contribution in [2.45, 2.75) is 19.9 Å². The molecular weight excluding hydrogens is 396 g/mol. The summed E-state index contributed by atoms with van der Waals surface area (Å²) >= 11 is 0. The van der Waals surface area contributed by atoms with E-state index in [1.165, 1.54) is 4.90 Å². The molecule has 1 fully saturated rings. The van der Waals surface area contributed by atoms with Gasteiger partial charge in [-0.3, -0.25) is 9.59 Å². The Balaban J connectivity index is 1.88. The van der Waals surface area contributed by atoms with E-state index in [4.69, 9.17) is 9.47 Å². The molecule has 1 saturated heterocycles. The van der Waals surface area contributed by atoms with Gasteiger partial charge in [0.1, 0.15) is 5.76 Å². The summed E-state index contributed by atoms with van der Waals surface area (Å²) in [6, 6.07) is 10.3. The minimum Gasteiger partial charge on any atom is -0.507 e. The number of likely N-dealkylation sites (N-methyl/N-ethyl adjacent to an activating group) is 1. The van der Waals surface area contributed by atoms with Crippen LogP contribution in [0.5, 0.6) is 11.5 Å². The van der Waals surface area contributed by atoms with Gasteiger partial charge >= 0.3 is 0 Å². The molecule has 1 unspecified atom stereocenters. The number of ketones is 1. The van der Waals surface area contributed by atoms with Gasteiger partial charge in [0.05, 0.1) is 11.6 Å². The Labute approximate surface area is 181 Å². The molecule has 4 rings (SSSR count). The van der Waals surface area contributed by atoms with Crippen LogP contribution < -0.4 is 9.47 Å². The molecule has 0 aliphatic carbocycles. The van der Waals surface area contributed by atoms with E-state index in [0.29, 0.717) is 35.7 Å². The fraction of sp³-hybridized carbons (Fsp3) is 0.333. The maximum absolute atomic E-state index is 13.1. The molecule has 1 atom stereocenters. The first-order valence-corrected chi connectivity index (χ1v) is 10.2. The van der Waals surface area contributed by atoms with Gasteiger partial charge in [-0.1, -0.05) is 23.8 Å². The number of Topliss-reactive ketones (excluding diaryl/α,β-unsaturated/α-hetero) is 1. The fourth-order valence-electron chi connectivity index (χ4n) is 3.98. The van der Waals surface area contributed by atoms with Gasteiger partial charge in [-0.2, -0.15) is 0 Å². The van der Waals surface area contributed by atoms with Crippen LogP contribution in [0.1, 0.15) is 28.3 Å². The number of likely N-dealkylation sites (tertiary alicyclic amines) is 1. The number of amides is 1. The first-order valence-electron chi connectivity index (χ1n) is 10.2. The number of benzene rings is 2. The number of hydrogen-bond donors (Lipinski definition) is 1. The van der Waals surface area contributed by atoms with E-state index in [-0.39, 0.29) is 18.1 Å². The average molecular weight is 422 g/mol. The van der Waals surface area contributed by atoms with Crippen LogP contribution in [-0.4, -0.2) is 60.6 Å². The summed E-state index contributed by atoms with van der Waals surface area (Å²) in [5, 5.41) is 11.2. The molecule has 0 aromatic heterocycles. The molecule has 0 radical (unpaired) electrons. The molecule has 0 bridgehead atoms. The highest BCUT2D eigenvalue weighted by Gasteiger charge is 2.46. The van der Waals surface area contributed by atoms with Gasteiger partial charge in [0, 0.05) is 18.7 Å². The molecule has 31 heavy (non-hydrogen) atoms. The van der Waals surface area contributed by atoms with Gasteiger partial charge in [-0.25, -0.2) is 0 Å². The second-order valence-corrected chi connectivity index (χ2v) is 8.23. The Morgan fingerprint density at radius 2 is 1.84 bits per heavy atom. The van der Waals surface area contributed by atoms with Crippen molar-refractivity contribution in [1.29, 1.82) is 0 Å². The van der Waals surface area contributed by atoms with E-state index >= 15 is 0 Å². The van der Waals surface area contributed by atoms with E-state index < -0.39 is 17.7 Å². The van der Waals surface area contributed by atoms with Crippen LogP contribution in [0, 0.1) is 13.8 Å². The summed E-state index contributed by atoms with van der Waals surface area (Å²) in [5.74, 6) is -0.281. The van der Waals surface area contributed by atoms with E-state index in [1.807, 2.05) is 57.1 Å². The van der Waals surface area contributed by atoms with Crippen LogP contribution in [0.3, 0.4) is 0 Å². The molecule has 2 heterocycles. The van der Waals surface area contributed by atoms with Gasteiger partial charge in [-0.05, 0) is 57.3 Å². The SMILES string of the molecule is Cc1ccc(C)c(/C(O)=C2\C(=O)C(=O)N(CCN(C)C)C2c2ccc3c(c2)OCO3)c1. The van der Waals surface area contributed by atoms with Gasteiger partial charge in [-0.15, -0.1) is 0 Å². The second-order valence-electron chi connectivity index (χ2n) is 8.23. The van der Waals surface area contributed by atoms with Gasteiger partial charge in [0.25, 0.3) is 11.7 Å². The number of rotatable bonds is 5. The van der Waals surface area contributed by atoms with Gasteiger partial charge in [0.2, 0.25) is 6.79 Å². The summed E-state index contributed by atoms with van der Waals surface area (Å²) in [6.45, 7) is 4.84. The van der Waals surface area contributed by atoms with Gasteiger partial charge < -0.3 is 24.4 Å². The third kappa shape index (κ3) is 3.77. The van der Waals surface area contributed by atoms with Crippen molar-refractivity contribution >= 4 is 17.4 Å². The number of aliphatic hydroxyl groups excluding tert-OH is 1. The Kier molecular flexibility index (Phi) is 5.45. The third-order valence-corrected chi connectivity index (χ3v) is 5.69. The zero-order valence-corrected chi connectivity index (χ0v) is 18.1. The number of ether oxygens (including phenoxy) is 2. The minimum atomic E-state index is -0.714. The smallest absolute Gasteiger partial charge is 0.295 e. The summed E-state index contributed by atoms with van der Waals surface area (Å²) < 4.78 is 10.9. The largest absolute Gasteiger partial charge is 0.507 e. The number of hydrogen-bond acceptors (Lipinski definition) is 6. The Morgan fingerprint density at radius 3 is 2.58 bits per heavy atom. The predicted molar refractivity (Wildman–Crippen MR) is 116 cm³/mol. The highest BCUT2D eigenvalue weighted by Crippen LogP contribution is 2.43.